The van der Waals surface area contributed by atoms with E-state index in [1.54, 1.807) is 11.8 Å². The van der Waals surface area contributed by atoms with Crippen molar-refractivity contribution in [1.82, 2.24) is 5.32 Å². The Bertz CT molecular complexity index is 2580. The van der Waals surface area contributed by atoms with Gasteiger partial charge in [-0.05, 0) is 120 Å². The molecule has 2 aliphatic heterocycles. The number of hydrogen-bond acceptors (Lipinski definition) is 3. The molecule has 0 aromatic heterocycles. The zero-order valence-corrected chi connectivity index (χ0v) is 26.8. The molecule has 2 heterocycles. The summed E-state index contributed by atoms with van der Waals surface area (Å²) in [4.78, 5) is 2.27. The van der Waals surface area contributed by atoms with Crippen LogP contribution in [0, 0.1) is 0 Å². The van der Waals surface area contributed by atoms with Gasteiger partial charge < -0.3 is 10.1 Å². The van der Waals surface area contributed by atoms with E-state index in [9.17, 15) is 0 Å². The van der Waals surface area contributed by atoms with Crippen LogP contribution >= 0.6 is 11.8 Å². The van der Waals surface area contributed by atoms with Gasteiger partial charge in [-0.1, -0.05) is 127 Å². The summed E-state index contributed by atoms with van der Waals surface area (Å²) in [6.45, 7) is 0. The van der Waals surface area contributed by atoms with Crippen LogP contribution in [-0.2, 0) is 0 Å². The van der Waals surface area contributed by atoms with E-state index >= 15 is 0 Å². The molecule has 0 radical (unpaired) electrons. The molecule has 0 aliphatic carbocycles. The highest BCUT2D eigenvalue weighted by atomic mass is 32.2. The normalized spacial score (nSPS) is 14.6. The predicted molar refractivity (Wildman–Crippen MR) is 201 cm³/mol. The minimum Gasteiger partial charge on any atom is -0.455 e. The van der Waals surface area contributed by atoms with Crippen molar-refractivity contribution in [3.63, 3.8) is 0 Å². The third kappa shape index (κ3) is 4.36. The second-order valence-electron chi connectivity index (χ2n) is 12.5. The van der Waals surface area contributed by atoms with Crippen LogP contribution in [0.25, 0.3) is 60.6 Å². The van der Waals surface area contributed by atoms with Gasteiger partial charge in [-0.2, -0.15) is 0 Å². The van der Waals surface area contributed by atoms with Crippen LogP contribution in [0.4, 0.5) is 0 Å². The summed E-state index contributed by atoms with van der Waals surface area (Å²) in [7, 11) is 0. The van der Waals surface area contributed by atoms with Crippen molar-refractivity contribution < 1.29 is 4.74 Å². The van der Waals surface area contributed by atoms with Gasteiger partial charge in [0.05, 0.1) is 15.8 Å². The van der Waals surface area contributed by atoms with Gasteiger partial charge >= 0.3 is 0 Å². The second kappa shape index (κ2) is 10.9. The summed E-state index contributed by atoms with van der Waals surface area (Å²) in [5.74, 6) is 1.82. The van der Waals surface area contributed by atoms with E-state index in [0.717, 1.165) is 21.3 Å². The van der Waals surface area contributed by atoms with Crippen LogP contribution in [-0.4, -0.2) is 0 Å². The number of para-hydroxylation sites is 1. The Morgan fingerprint density at radius 2 is 1.12 bits per heavy atom. The maximum Gasteiger partial charge on any atom is 0.141 e. The van der Waals surface area contributed by atoms with E-state index < -0.39 is 0 Å². The van der Waals surface area contributed by atoms with Crippen LogP contribution in [0.2, 0.25) is 0 Å². The molecular formula is C45H29NOS. The van der Waals surface area contributed by atoms with E-state index in [2.05, 4.69) is 157 Å². The van der Waals surface area contributed by atoms with E-state index in [-0.39, 0.29) is 6.04 Å². The van der Waals surface area contributed by atoms with Crippen molar-refractivity contribution in [2.75, 3.05) is 0 Å². The predicted octanol–water partition coefficient (Wildman–Crippen LogP) is 12.4. The van der Waals surface area contributed by atoms with Gasteiger partial charge in [0.2, 0.25) is 0 Å². The molecule has 1 N–H and O–H groups in total. The Balaban J connectivity index is 1.19. The molecule has 3 heteroatoms. The zero-order chi connectivity index (χ0) is 31.6. The Hall–Kier alpha value is -5.77. The maximum absolute atomic E-state index is 6.30. The molecule has 0 fully saturated rings. The van der Waals surface area contributed by atoms with E-state index in [4.69, 9.17) is 4.74 Å². The van der Waals surface area contributed by atoms with E-state index in [1.165, 1.54) is 71.3 Å². The molecule has 2 nitrogen and oxygen atoms in total. The molecule has 2 aliphatic rings. The van der Waals surface area contributed by atoms with E-state index in [1.807, 2.05) is 12.1 Å². The molecule has 0 saturated heterocycles. The van der Waals surface area contributed by atoms with Crippen molar-refractivity contribution in [2.45, 2.75) is 15.8 Å². The average molecular weight is 632 g/mol. The smallest absolute Gasteiger partial charge is 0.141 e. The number of ether oxygens (including phenoxy) is 1. The summed E-state index contributed by atoms with van der Waals surface area (Å²) >= 11 is 1.77. The minimum atomic E-state index is 0.0632. The molecule has 226 valence electrons. The van der Waals surface area contributed by atoms with Crippen molar-refractivity contribution in [3.8, 4) is 33.8 Å². The molecule has 1 unspecified atom stereocenters. The third-order valence-electron chi connectivity index (χ3n) is 9.81. The summed E-state index contributed by atoms with van der Waals surface area (Å²) in [5.41, 5.74) is 8.56. The largest absolute Gasteiger partial charge is 0.455 e. The highest BCUT2D eigenvalue weighted by Gasteiger charge is 2.22. The van der Waals surface area contributed by atoms with Gasteiger partial charge in [0.15, 0.2) is 0 Å². The molecule has 8 aromatic carbocycles. The first-order chi connectivity index (χ1) is 23.8. The number of nitrogens with one attached hydrogen (secondary N) is 1. The Kier molecular flexibility index (Phi) is 6.21. The lowest BCUT2D eigenvalue weighted by Crippen LogP contribution is -2.20. The Morgan fingerprint density at radius 1 is 0.479 bits per heavy atom. The van der Waals surface area contributed by atoms with Gasteiger partial charge in [-0.25, -0.2) is 0 Å². The van der Waals surface area contributed by atoms with Gasteiger partial charge in [0, 0.05) is 0 Å². The third-order valence-corrected chi connectivity index (χ3v) is 10.9. The second-order valence-corrected chi connectivity index (χ2v) is 13.6. The summed E-state index contributed by atoms with van der Waals surface area (Å²) < 4.78 is 6.30. The van der Waals surface area contributed by atoms with Gasteiger partial charge in [0.1, 0.15) is 11.5 Å². The number of rotatable bonds is 3. The molecular weight excluding hydrogens is 603 g/mol. The Morgan fingerprint density at radius 3 is 1.96 bits per heavy atom. The van der Waals surface area contributed by atoms with Crippen LogP contribution in [0.1, 0.15) is 22.7 Å². The fourth-order valence-corrected chi connectivity index (χ4v) is 8.52. The molecule has 0 amide bonds. The lowest BCUT2D eigenvalue weighted by Gasteiger charge is -2.25. The Labute approximate surface area is 283 Å². The summed E-state index contributed by atoms with van der Waals surface area (Å²) in [5, 5.41) is 11.3. The molecule has 0 spiro atoms. The van der Waals surface area contributed by atoms with Crippen molar-refractivity contribution in [1.29, 1.82) is 0 Å². The standard InChI is InChI=1S/C45H29NOS/c1-2-10-33-28(9-1)23-24-46-45(33)31-18-20-32(30-19-22-42-44(27-30)48-43-16-8-7-15-41(43)47-42)39(26-31)29-17-21-38-36-13-4-3-11-34(36)35-12-5-6-14-37(35)40(38)25-29/h1-27,45-46H. The molecule has 0 bridgehead atoms. The SMILES string of the molecule is C1=Cc2ccccc2C(c2ccc(-c3ccc4c(c3)Sc3ccccc3O4)c(-c3ccc4c5ccccc5c5ccccc5c4c3)c2)N1. The average Bonchev–Trinajstić information content (AvgIpc) is 3.16. The monoisotopic (exact) mass is 631 g/mol. The van der Waals surface area contributed by atoms with Crippen molar-refractivity contribution in [2.24, 2.45) is 0 Å². The molecule has 8 aromatic rings. The first-order valence-corrected chi connectivity index (χ1v) is 17.2. The van der Waals surface area contributed by atoms with E-state index in [0.29, 0.717) is 0 Å². The number of benzene rings is 8. The highest BCUT2D eigenvalue weighted by Crippen LogP contribution is 2.49. The number of fused-ring (bicyclic) bond motifs is 9. The highest BCUT2D eigenvalue weighted by molar-refractivity contribution is 7.99. The first-order valence-electron chi connectivity index (χ1n) is 16.4. The first kappa shape index (κ1) is 27.4. The minimum absolute atomic E-state index is 0.0632. The molecule has 10 rings (SSSR count). The topological polar surface area (TPSA) is 21.3 Å². The maximum atomic E-state index is 6.30. The van der Waals surface area contributed by atoms with Gasteiger partial charge in [-0.3, -0.25) is 0 Å². The van der Waals surface area contributed by atoms with Crippen LogP contribution in [0.15, 0.2) is 168 Å². The fraction of sp³-hybridized carbons (Fsp3) is 0.0222. The molecule has 48 heavy (non-hydrogen) atoms. The van der Waals surface area contributed by atoms with Crippen molar-refractivity contribution in [3.05, 3.63) is 175 Å². The van der Waals surface area contributed by atoms with Crippen LogP contribution < -0.4 is 10.1 Å². The lowest BCUT2D eigenvalue weighted by molar-refractivity contribution is 0.454. The summed E-state index contributed by atoms with van der Waals surface area (Å²) in [6.07, 6.45) is 4.23. The molecule has 0 saturated carbocycles. The quantitative estimate of drug-likeness (QED) is 0.196. The fourth-order valence-electron chi connectivity index (χ4n) is 7.53. The van der Waals surface area contributed by atoms with Crippen molar-refractivity contribution >= 4 is 50.2 Å². The van der Waals surface area contributed by atoms with Gasteiger partial charge in [-0.15, -0.1) is 0 Å². The van der Waals surface area contributed by atoms with Crippen LogP contribution in [0.3, 0.4) is 0 Å². The number of hydrogen-bond donors (Lipinski definition) is 1. The van der Waals surface area contributed by atoms with Crippen LogP contribution in [0.5, 0.6) is 11.5 Å². The lowest BCUT2D eigenvalue weighted by atomic mass is 9.86. The molecule has 1 atom stereocenters. The van der Waals surface area contributed by atoms with Gasteiger partial charge in [0.25, 0.3) is 0 Å². The summed E-state index contributed by atoms with van der Waals surface area (Å²) in [6, 6.07) is 55.2. The zero-order valence-electron chi connectivity index (χ0n) is 26.0.